The summed E-state index contributed by atoms with van der Waals surface area (Å²) in [5, 5.41) is 0. The molecule has 2 rings (SSSR count). The average Bonchev–Trinajstić information content (AvgIpc) is 2.86. The molecule has 0 N–H and O–H groups in total. The van der Waals surface area contributed by atoms with E-state index in [1.807, 2.05) is 42.6 Å². The summed E-state index contributed by atoms with van der Waals surface area (Å²) in [5.41, 5.74) is 1.99. The summed E-state index contributed by atoms with van der Waals surface area (Å²) in [6.45, 7) is 5.03. The van der Waals surface area contributed by atoms with Gasteiger partial charge in [-0.25, -0.2) is 0 Å². The largest absolute Gasteiger partial charge is 0.494 e. The summed E-state index contributed by atoms with van der Waals surface area (Å²) in [7, 11) is 6.85. The lowest BCUT2D eigenvalue weighted by Gasteiger charge is -2.23. The van der Waals surface area contributed by atoms with Crippen LogP contribution in [0.25, 0.3) is 0 Å². The fraction of sp³-hybridized carbons (Fsp3) is 0.594. The number of ether oxygens (including phenoxy) is 2. The maximum atomic E-state index is 5.92. The van der Waals surface area contributed by atoms with Crippen LogP contribution in [-0.2, 0) is 0 Å². The van der Waals surface area contributed by atoms with Crippen LogP contribution >= 0.6 is 0 Å². The molecule has 36 heavy (non-hydrogen) atoms. The van der Waals surface area contributed by atoms with E-state index in [1.165, 1.54) is 64.3 Å². The van der Waals surface area contributed by atoms with Crippen molar-refractivity contribution in [2.24, 2.45) is 4.99 Å². The maximum absolute atomic E-state index is 5.92. The first kappa shape index (κ1) is 29.9. The van der Waals surface area contributed by atoms with Gasteiger partial charge in [-0.2, -0.15) is 0 Å². The Bertz CT molecular complexity index is 823. The van der Waals surface area contributed by atoms with Crippen molar-refractivity contribution >= 4 is 11.9 Å². The minimum absolute atomic E-state index is 0.769. The first-order valence-corrected chi connectivity index (χ1v) is 14.3. The molecular weight excluding hydrogens is 444 g/mol. The Balaban J connectivity index is 1.49. The van der Waals surface area contributed by atoms with Crippen molar-refractivity contribution in [1.29, 1.82) is 0 Å². The predicted octanol–water partition coefficient (Wildman–Crippen LogP) is 8.60. The van der Waals surface area contributed by atoms with Gasteiger partial charge in [-0.05, 0) is 79.8 Å². The van der Waals surface area contributed by atoms with E-state index in [-0.39, 0.29) is 0 Å². The zero-order valence-corrected chi connectivity index (χ0v) is 23.5. The van der Waals surface area contributed by atoms with Crippen LogP contribution < -0.4 is 9.47 Å². The summed E-state index contributed by atoms with van der Waals surface area (Å²) in [4.78, 5) is 4.57. The molecular formula is C32H51N2O2+. The van der Waals surface area contributed by atoms with Gasteiger partial charge in [0.1, 0.15) is 11.5 Å². The summed E-state index contributed by atoms with van der Waals surface area (Å²) in [5.74, 6) is 1.84. The molecule has 0 bridgehead atoms. The normalized spacial score (nSPS) is 11.8. The Kier molecular flexibility index (Phi) is 14.9. The summed E-state index contributed by atoms with van der Waals surface area (Å²) >= 11 is 0. The molecule has 0 heterocycles. The fourth-order valence-corrected chi connectivity index (χ4v) is 4.05. The highest BCUT2D eigenvalue weighted by Gasteiger charge is 2.05. The number of aliphatic imine (C=N–C) groups is 1. The van der Waals surface area contributed by atoms with Gasteiger partial charge in [-0.15, -0.1) is 0 Å². The molecule has 0 unspecified atom stereocenters. The lowest BCUT2D eigenvalue weighted by atomic mass is 10.1. The van der Waals surface area contributed by atoms with Crippen molar-refractivity contribution in [3.63, 3.8) is 0 Å². The van der Waals surface area contributed by atoms with Crippen molar-refractivity contribution in [3.8, 4) is 11.5 Å². The zero-order chi connectivity index (χ0) is 25.9. The molecule has 0 aromatic heterocycles. The fourth-order valence-electron chi connectivity index (χ4n) is 4.05. The number of quaternary nitrogens is 1. The number of unbranched alkanes of at least 4 members (excludes halogenated alkanes) is 10. The highest BCUT2D eigenvalue weighted by Crippen LogP contribution is 2.19. The van der Waals surface area contributed by atoms with Gasteiger partial charge in [-0.3, -0.25) is 4.99 Å². The van der Waals surface area contributed by atoms with E-state index < -0.39 is 0 Å². The molecule has 0 fully saturated rings. The second-order valence-electron chi connectivity index (χ2n) is 10.9. The van der Waals surface area contributed by atoms with Crippen molar-refractivity contribution in [3.05, 3.63) is 54.1 Å². The molecule has 4 heteroatoms. The van der Waals surface area contributed by atoms with Gasteiger partial charge in [0.05, 0.1) is 46.6 Å². The first-order chi connectivity index (χ1) is 17.5. The monoisotopic (exact) mass is 495 g/mol. The molecule has 0 aliphatic rings. The molecule has 200 valence electrons. The Morgan fingerprint density at radius 1 is 0.611 bits per heavy atom. The zero-order valence-electron chi connectivity index (χ0n) is 23.5. The van der Waals surface area contributed by atoms with Gasteiger partial charge in [0.15, 0.2) is 0 Å². The summed E-state index contributed by atoms with van der Waals surface area (Å²) < 4.78 is 12.7. The van der Waals surface area contributed by atoms with E-state index in [0.717, 1.165) is 59.7 Å². The van der Waals surface area contributed by atoms with Gasteiger partial charge >= 0.3 is 0 Å². The van der Waals surface area contributed by atoms with Crippen LogP contribution in [0.5, 0.6) is 11.5 Å². The minimum atomic E-state index is 0.769. The molecule has 0 saturated heterocycles. The minimum Gasteiger partial charge on any atom is -0.494 e. The molecule has 0 aliphatic carbocycles. The standard InChI is InChI=1S/C32H51N2O2/c1-5-6-26-35-32-23-19-30(20-24-32)33-28-29-17-21-31(22-18-29)36-27-16-14-12-10-8-7-9-11-13-15-25-34(2,3)4/h17-24,28H,5-16,25-27H2,1-4H3/q+1. The molecule has 2 aromatic carbocycles. The second-order valence-corrected chi connectivity index (χ2v) is 10.9. The van der Waals surface area contributed by atoms with E-state index in [9.17, 15) is 0 Å². The SMILES string of the molecule is CCCCOc1ccc(N=Cc2ccc(OCCCCCCCCCCCC[N+](C)(C)C)cc2)cc1. The average molecular weight is 496 g/mol. The van der Waals surface area contributed by atoms with Crippen molar-refractivity contribution in [1.82, 2.24) is 0 Å². The maximum Gasteiger partial charge on any atom is 0.119 e. The molecule has 2 aromatic rings. The van der Waals surface area contributed by atoms with Crippen LogP contribution in [0.1, 0.15) is 89.5 Å². The topological polar surface area (TPSA) is 30.8 Å². The van der Waals surface area contributed by atoms with Crippen LogP contribution in [0.3, 0.4) is 0 Å². The van der Waals surface area contributed by atoms with Gasteiger partial charge < -0.3 is 14.0 Å². The third kappa shape index (κ3) is 14.9. The predicted molar refractivity (Wildman–Crippen MR) is 155 cm³/mol. The van der Waals surface area contributed by atoms with E-state index in [2.05, 4.69) is 45.2 Å². The van der Waals surface area contributed by atoms with Crippen LogP contribution in [-0.4, -0.2) is 51.6 Å². The lowest BCUT2D eigenvalue weighted by Crippen LogP contribution is -2.35. The number of nitrogens with zero attached hydrogens (tertiary/aromatic N) is 2. The molecule has 0 saturated carbocycles. The molecule has 0 amide bonds. The molecule has 4 nitrogen and oxygen atoms in total. The third-order valence-electron chi connectivity index (χ3n) is 6.34. The van der Waals surface area contributed by atoms with Gasteiger partial charge in [0, 0.05) is 6.21 Å². The van der Waals surface area contributed by atoms with Crippen molar-refractivity contribution < 1.29 is 14.0 Å². The van der Waals surface area contributed by atoms with Gasteiger partial charge in [0.25, 0.3) is 0 Å². The van der Waals surface area contributed by atoms with Gasteiger partial charge in [0.2, 0.25) is 0 Å². The van der Waals surface area contributed by atoms with E-state index in [1.54, 1.807) is 0 Å². The van der Waals surface area contributed by atoms with Gasteiger partial charge in [-0.1, -0.05) is 58.3 Å². The van der Waals surface area contributed by atoms with Crippen LogP contribution in [0.4, 0.5) is 5.69 Å². The molecule has 0 atom stereocenters. The highest BCUT2D eigenvalue weighted by atomic mass is 16.5. The van der Waals surface area contributed by atoms with E-state index in [0.29, 0.717) is 0 Å². The third-order valence-corrected chi connectivity index (χ3v) is 6.34. The number of rotatable bonds is 20. The lowest BCUT2D eigenvalue weighted by molar-refractivity contribution is -0.870. The molecule has 0 spiro atoms. The van der Waals surface area contributed by atoms with Crippen molar-refractivity contribution in [2.45, 2.75) is 84.0 Å². The first-order valence-electron chi connectivity index (χ1n) is 14.3. The second kappa shape index (κ2) is 18.0. The van der Waals surface area contributed by atoms with E-state index in [4.69, 9.17) is 9.47 Å². The van der Waals surface area contributed by atoms with Crippen LogP contribution in [0.2, 0.25) is 0 Å². The molecule has 0 aliphatic heterocycles. The Morgan fingerprint density at radius 2 is 1.08 bits per heavy atom. The number of hydrogen-bond acceptors (Lipinski definition) is 3. The van der Waals surface area contributed by atoms with E-state index >= 15 is 0 Å². The highest BCUT2D eigenvalue weighted by molar-refractivity contribution is 5.82. The Morgan fingerprint density at radius 3 is 1.61 bits per heavy atom. The number of hydrogen-bond donors (Lipinski definition) is 0. The number of benzene rings is 2. The quantitative estimate of drug-likeness (QED) is 0.105. The Hall–Kier alpha value is -2.33. The van der Waals surface area contributed by atoms with Crippen molar-refractivity contribution in [2.75, 3.05) is 40.9 Å². The Labute approximate surface area is 221 Å². The smallest absolute Gasteiger partial charge is 0.119 e. The molecule has 0 radical (unpaired) electrons. The summed E-state index contributed by atoms with van der Waals surface area (Å²) in [6.07, 6.45) is 17.5. The summed E-state index contributed by atoms with van der Waals surface area (Å²) in [6, 6.07) is 16.1. The van der Waals surface area contributed by atoms with Crippen LogP contribution in [0.15, 0.2) is 53.5 Å². The van der Waals surface area contributed by atoms with Crippen LogP contribution in [0, 0.1) is 0 Å².